The molecule has 4 N–H and O–H groups in total. The van der Waals surface area contributed by atoms with Gasteiger partial charge >= 0.3 is 0 Å². The molecule has 4 nitrogen and oxygen atoms in total. The monoisotopic (exact) mass is 178 g/mol. The molecule has 0 bridgehead atoms. The second-order valence-corrected chi connectivity index (χ2v) is 2.80. The van der Waals surface area contributed by atoms with Gasteiger partial charge in [-0.15, -0.1) is 0 Å². The Morgan fingerprint density at radius 1 is 1.46 bits per heavy atom. The van der Waals surface area contributed by atoms with Gasteiger partial charge in [0.1, 0.15) is 11.6 Å². The Bertz CT molecular complexity index is 448. The van der Waals surface area contributed by atoms with Crippen molar-refractivity contribution in [2.75, 3.05) is 12.8 Å². The van der Waals surface area contributed by atoms with Gasteiger partial charge in [0.05, 0.1) is 12.6 Å². The maximum atomic E-state index is 9.51. The number of hydrogen-bond acceptors (Lipinski definition) is 3. The zero-order valence-corrected chi connectivity index (χ0v) is 7.16. The Morgan fingerprint density at radius 2 is 2.23 bits per heavy atom. The lowest BCUT2D eigenvalue weighted by molar-refractivity contribution is 0.415. The number of nitrogens with one attached hydrogen (secondary N) is 1. The molecule has 2 rings (SSSR count). The summed E-state index contributed by atoms with van der Waals surface area (Å²) in [6.07, 6.45) is 0. The molecule has 1 aromatic carbocycles. The number of methoxy groups -OCH3 is 1. The molecule has 0 amide bonds. The van der Waals surface area contributed by atoms with Crippen LogP contribution in [0.3, 0.4) is 0 Å². The highest BCUT2D eigenvalue weighted by atomic mass is 16.5. The van der Waals surface area contributed by atoms with Crippen molar-refractivity contribution < 1.29 is 9.84 Å². The number of aromatic nitrogens is 1. The van der Waals surface area contributed by atoms with E-state index in [1.165, 1.54) is 0 Å². The number of nitrogens with two attached hydrogens (primary N) is 1. The van der Waals surface area contributed by atoms with Gasteiger partial charge in [0, 0.05) is 5.39 Å². The fourth-order valence-corrected chi connectivity index (χ4v) is 1.30. The molecule has 13 heavy (non-hydrogen) atoms. The number of rotatable bonds is 1. The number of nitrogen functional groups attached to an aromatic ring is 1. The molecule has 0 saturated heterocycles. The molecule has 0 saturated carbocycles. The zero-order chi connectivity index (χ0) is 9.42. The van der Waals surface area contributed by atoms with E-state index in [0.29, 0.717) is 11.1 Å². The van der Waals surface area contributed by atoms with E-state index < -0.39 is 0 Å². The molecule has 0 aliphatic carbocycles. The van der Waals surface area contributed by atoms with Crippen LogP contribution in [0, 0.1) is 0 Å². The minimum atomic E-state index is 0.0777. The SMILES string of the molecule is COc1ccc2[nH]c(N)c(O)c2c1. The Kier molecular flexibility index (Phi) is 1.55. The lowest BCUT2D eigenvalue weighted by Gasteiger charge is -1.98. The van der Waals surface area contributed by atoms with Crippen molar-refractivity contribution >= 4 is 16.7 Å². The summed E-state index contributed by atoms with van der Waals surface area (Å²) in [6, 6.07) is 5.35. The number of hydrogen-bond donors (Lipinski definition) is 3. The van der Waals surface area contributed by atoms with Crippen LogP contribution in [0.5, 0.6) is 11.5 Å². The molecular weight excluding hydrogens is 168 g/mol. The third kappa shape index (κ3) is 1.07. The average molecular weight is 178 g/mol. The van der Waals surface area contributed by atoms with Crippen LogP contribution in [0.2, 0.25) is 0 Å². The molecule has 0 fully saturated rings. The lowest BCUT2D eigenvalue weighted by atomic mass is 10.2. The normalized spacial score (nSPS) is 10.5. The van der Waals surface area contributed by atoms with Crippen molar-refractivity contribution in [2.45, 2.75) is 0 Å². The van der Waals surface area contributed by atoms with Crippen LogP contribution < -0.4 is 10.5 Å². The van der Waals surface area contributed by atoms with E-state index in [9.17, 15) is 5.11 Å². The number of ether oxygens (including phenoxy) is 1. The number of H-pyrrole nitrogens is 1. The van der Waals surface area contributed by atoms with E-state index in [0.717, 1.165) is 5.52 Å². The molecule has 0 spiro atoms. The minimum absolute atomic E-state index is 0.0777. The van der Waals surface area contributed by atoms with Crippen molar-refractivity contribution in [3.8, 4) is 11.5 Å². The molecule has 0 atom stereocenters. The molecule has 1 heterocycles. The fraction of sp³-hybridized carbons (Fsp3) is 0.111. The van der Waals surface area contributed by atoms with Gasteiger partial charge in [-0.2, -0.15) is 0 Å². The van der Waals surface area contributed by atoms with Crippen LogP contribution in [-0.4, -0.2) is 17.2 Å². The first-order valence-electron chi connectivity index (χ1n) is 3.86. The Hall–Kier alpha value is -1.84. The number of aromatic amines is 1. The van der Waals surface area contributed by atoms with Gasteiger partial charge in [-0.05, 0) is 18.2 Å². The highest BCUT2D eigenvalue weighted by Gasteiger charge is 2.07. The van der Waals surface area contributed by atoms with Crippen molar-refractivity contribution in [3.05, 3.63) is 18.2 Å². The summed E-state index contributed by atoms with van der Waals surface area (Å²) in [6.45, 7) is 0. The maximum Gasteiger partial charge on any atom is 0.165 e. The van der Waals surface area contributed by atoms with Gasteiger partial charge in [-0.25, -0.2) is 0 Å². The largest absolute Gasteiger partial charge is 0.504 e. The third-order valence-corrected chi connectivity index (χ3v) is 2.01. The summed E-state index contributed by atoms with van der Waals surface area (Å²) in [4.78, 5) is 2.85. The summed E-state index contributed by atoms with van der Waals surface area (Å²) >= 11 is 0. The smallest absolute Gasteiger partial charge is 0.165 e. The third-order valence-electron chi connectivity index (χ3n) is 2.01. The van der Waals surface area contributed by atoms with Crippen LogP contribution in [-0.2, 0) is 0 Å². The number of aromatic hydroxyl groups is 1. The molecule has 68 valence electrons. The maximum absolute atomic E-state index is 9.51. The van der Waals surface area contributed by atoms with Crippen molar-refractivity contribution in [1.82, 2.24) is 4.98 Å². The van der Waals surface area contributed by atoms with Gasteiger partial charge in [0.25, 0.3) is 0 Å². The Morgan fingerprint density at radius 3 is 2.92 bits per heavy atom. The van der Waals surface area contributed by atoms with E-state index in [1.807, 2.05) is 6.07 Å². The summed E-state index contributed by atoms with van der Waals surface area (Å²) in [5.41, 5.74) is 6.30. The molecule has 0 aliphatic heterocycles. The minimum Gasteiger partial charge on any atom is -0.504 e. The highest BCUT2D eigenvalue weighted by Crippen LogP contribution is 2.32. The van der Waals surface area contributed by atoms with Crippen molar-refractivity contribution in [3.63, 3.8) is 0 Å². The van der Waals surface area contributed by atoms with Gasteiger partial charge in [0.15, 0.2) is 5.75 Å². The quantitative estimate of drug-likeness (QED) is 0.619. The van der Waals surface area contributed by atoms with E-state index in [2.05, 4.69) is 4.98 Å². The molecular formula is C9H10N2O2. The van der Waals surface area contributed by atoms with Gasteiger partial charge in [0.2, 0.25) is 0 Å². The average Bonchev–Trinajstić information content (AvgIpc) is 2.43. The number of benzene rings is 1. The fourth-order valence-electron chi connectivity index (χ4n) is 1.30. The number of anilines is 1. The predicted octanol–water partition coefficient (Wildman–Crippen LogP) is 1.46. The summed E-state index contributed by atoms with van der Waals surface area (Å²) in [5.74, 6) is 1.05. The Balaban J connectivity index is 2.75. The second-order valence-electron chi connectivity index (χ2n) is 2.80. The first kappa shape index (κ1) is 7.79. The van der Waals surface area contributed by atoms with E-state index in [4.69, 9.17) is 10.5 Å². The first-order chi connectivity index (χ1) is 6.22. The van der Waals surface area contributed by atoms with Crippen LogP contribution in [0.15, 0.2) is 18.2 Å². The Labute approximate surface area is 74.9 Å². The van der Waals surface area contributed by atoms with Crippen LogP contribution in [0.4, 0.5) is 5.82 Å². The van der Waals surface area contributed by atoms with Crippen LogP contribution in [0.25, 0.3) is 10.9 Å². The van der Waals surface area contributed by atoms with E-state index in [-0.39, 0.29) is 11.6 Å². The van der Waals surface area contributed by atoms with E-state index in [1.54, 1.807) is 19.2 Å². The summed E-state index contributed by atoms with van der Waals surface area (Å²) in [5, 5.41) is 10.2. The number of fused-ring (bicyclic) bond motifs is 1. The molecule has 2 aromatic rings. The zero-order valence-electron chi connectivity index (χ0n) is 7.16. The predicted molar refractivity (Wildman–Crippen MR) is 50.9 cm³/mol. The van der Waals surface area contributed by atoms with Crippen molar-refractivity contribution in [2.24, 2.45) is 0 Å². The molecule has 0 unspecified atom stereocenters. The first-order valence-corrected chi connectivity index (χ1v) is 3.86. The van der Waals surface area contributed by atoms with Crippen molar-refractivity contribution in [1.29, 1.82) is 0 Å². The molecule has 0 aliphatic rings. The molecule has 4 heteroatoms. The summed E-state index contributed by atoms with van der Waals surface area (Å²) < 4.78 is 5.02. The van der Waals surface area contributed by atoms with Gasteiger partial charge in [-0.3, -0.25) is 0 Å². The summed E-state index contributed by atoms with van der Waals surface area (Å²) in [7, 11) is 1.58. The van der Waals surface area contributed by atoms with E-state index >= 15 is 0 Å². The van der Waals surface area contributed by atoms with Gasteiger partial charge in [-0.1, -0.05) is 0 Å². The van der Waals surface area contributed by atoms with Gasteiger partial charge < -0.3 is 20.6 Å². The van der Waals surface area contributed by atoms with Crippen LogP contribution in [0.1, 0.15) is 0 Å². The second kappa shape index (κ2) is 2.58. The van der Waals surface area contributed by atoms with Crippen LogP contribution >= 0.6 is 0 Å². The standard InChI is InChI=1S/C9H10N2O2/c1-13-5-2-3-7-6(4-5)8(12)9(10)11-7/h2-4,11-12H,10H2,1H3. The topological polar surface area (TPSA) is 71.3 Å². The highest BCUT2D eigenvalue weighted by molar-refractivity contribution is 5.92. The molecule has 1 aromatic heterocycles. The lowest BCUT2D eigenvalue weighted by Crippen LogP contribution is -1.81. The molecule has 0 radical (unpaired) electrons.